The second-order valence-corrected chi connectivity index (χ2v) is 5.60. The predicted octanol–water partition coefficient (Wildman–Crippen LogP) is 4.25. The highest BCUT2D eigenvalue weighted by molar-refractivity contribution is 5.31. The van der Waals surface area contributed by atoms with E-state index in [0.717, 1.165) is 5.92 Å². The third kappa shape index (κ3) is 2.23. The van der Waals surface area contributed by atoms with Crippen LogP contribution >= 0.6 is 0 Å². The fourth-order valence-electron chi connectivity index (χ4n) is 2.95. The van der Waals surface area contributed by atoms with Crippen molar-refractivity contribution in [2.24, 2.45) is 5.92 Å². The fourth-order valence-corrected chi connectivity index (χ4v) is 2.95. The van der Waals surface area contributed by atoms with E-state index >= 15 is 0 Å². The molecule has 1 aromatic carbocycles. The molecule has 1 aromatic rings. The molecule has 0 bridgehead atoms. The summed E-state index contributed by atoms with van der Waals surface area (Å²) in [5.41, 5.74) is 1.60. The average Bonchev–Trinajstić information content (AvgIpc) is 2.31. The molecule has 1 aliphatic carbocycles. The second-order valence-electron chi connectivity index (χ2n) is 5.60. The molecule has 2 rings (SSSR count). The highest BCUT2D eigenvalue weighted by Gasteiger charge is 2.31. The van der Waals surface area contributed by atoms with Crippen molar-refractivity contribution in [2.75, 3.05) is 0 Å². The first-order valence-corrected chi connectivity index (χ1v) is 6.40. The average molecular weight is 218 g/mol. The van der Waals surface area contributed by atoms with Gasteiger partial charge in [-0.3, -0.25) is 0 Å². The van der Waals surface area contributed by atoms with Crippen LogP contribution in [0.3, 0.4) is 0 Å². The first-order chi connectivity index (χ1) is 7.60. The van der Waals surface area contributed by atoms with E-state index in [2.05, 4.69) is 26.0 Å². The van der Waals surface area contributed by atoms with Crippen molar-refractivity contribution in [2.45, 2.75) is 51.4 Å². The molecule has 0 spiro atoms. The topological polar surface area (TPSA) is 20.2 Å². The summed E-state index contributed by atoms with van der Waals surface area (Å²) in [6.45, 7) is 4.69. The van der Waals surface area contributed by atoms with Crippen molar-refractivity contribution in [1.29, 1.82) is 0 Å². The SMILES string of the molecule is CC(C)(c1ccc(O)cc1)C1CCCCC1. The number of phenolic OH excluding ortho intramolecular Hbond substituents is 1. The van der Waals surface area contributed by atoms with Crippen molar-refractivity contribution in [1.82, 2.24) is 0 Å². The zero-order chi connectivity index (χ0) is 11.6. The fraction of sp³-hybridized carbons (Fsp3) is 0.600. The van der Waals surface area contributed by atoms with E-state index in [9.17, 15) is 5.11 Å². The summed E-state index contributed by atoms with van der Waals surface area (Å²) in [6.07, 6.45) is 6.88. The normalized spacial score (nSPS) is 18.6. The Morgan fingerprint density at radius 3 is 2.12 bits per heavy atom. The van der Waals surface area contributed by atoms with Crippen LogP contribution in [0.25, 0.3) is 0 Å². The second kappa shape index (κ2) is 4.48. The first kappa shape index (κ1) is 11.5. The molecule has 0 aliphatic heterocycles. The predicted molar refractivity (Wildman–Crippen MR) is 67.7 cm³/mol. The lowest BCUT2D eigenvalue weighted by Gasteiger charge is -2.37. The number of rotatable bonds is 2. The summed E-state index contributed by atoms with van der Waals surface area (Å²) in [5, 5.41) is 9.33. The largest absolute Gasteiger partial charge is 0.508 e. The van der Waals surface area contributed by atoms with Crippen LogP contribution in [0.1, 0.15) is 51.5 Å². The van der Waals surface area contributed by atoms with Crippen molar-refractivity contribution in [3.63, 3.8) is 0 Å². The highest BCUT2D eigenvalue weighted by atomic mass is 16.3. The van der Waals surface area contributed by atoms with E-state index in [4.69, 9.17) is 0 Å². The van der Waals surface area contributed by atoms with Gasteiger partial charge in [-0.25, -0.2) is 0 Å². The van der Waals surface area contributed by atoms with Gasteiger partial charge in [0.2, 0.25) is 0 Å². The summed E-state index contributed by atoms with van der Waals surface area (Å²) in [5.74, 6) is 1.16. The summed E-state index contributed by atoms with van der Waals surface area (Å²) in [7, 11) is 0. The van der Waals surface area contributed by atoms with Crippen LogP contribution in [-0.2, 0) is 5.41 Å². The van der Waals surface area contributed by atoms with Crippen LogP contribution in [-0.4, -0.2) is 5.11 Å². The molecule has 1 nitrogen and oxygen atoms in total. The maximum Gasteiger partial charge on any atom is 0.115 e. The number of phenols is 1. The Bertz CT molecular complexity index is 331. The van der Waals surface area contributed by atoms with Crippen molar-refractivity contribution >= 4 is 0 Å². The first-order valence-electron chi connectivity index (χ1n) is 6.40. The molecule has 0 aromatic heterocycles. The molecule has 0 atom stereocenters. The summed E-state index contributed by atoms with van der Waals surface area (Å²) in [6, 6.07) is 7.76. The van der Waals surface area contributed by atoms with Gasteiger partial charge in [0.05, 0.1) is 0 Å². The smallest absolute Gasteiger partial charge is 0.115 e. The highest BCUT2D eigenvalue weighted by Crippen LogP contribution is 2.40. The van der Waals surface area contributed by atoms with E-state index in [-0.39, 0.29) is 5.41 Å². The molecular formula is C15H22O. The quantitative estimate of drug-likeness (QED) is 0.786. The Morgan fingerprint density at radius 1 is 1.00 bits per heavy atom. The molecule has 0 saturated heterocycles. The van der Waals surface area contributed by atoms with E-state index in [1.807, 2.05) is 0 Å². The molecule has 1 heteroatoms. The monoisotopic (exact) mass is 218 g/mol. The summed E-state index contributed by atoms with van der Waals surface area (Å²) >= 11 is 0. The Kier molecular flexibility index (Phi) is 3.22. The van der Waals surface area contributed by atoms with Gasteiger partial charge < -0.3 is 5.11 Å². The van der Waals surface area contributed by atoms with Crippen LogP contribution in [0.2, 0.25) is 0 Å². The summed E-state index contributed by atoms with van der Waals surface area (Å²) < 4.78 is 0. The molecule has 0 heterocycles. The molecule has 0 amide bonds. The maximum absolute atomic E-state index is 9.33. The molecule has 1 saturated carbocycles. The van der Waals surface area contributed by atoms with Crippen molar-refractivity contribution in [3.8, 4) is 5.75 Å². The van der Waals surface area contributed by atoms with E-state index in [1.54, 1.807) is 12.1 Å². The van der Waals surface area contributed by atoms with Crippen molar-refractivity contribution < 1.29 is 5.11 Å². The van der Waals surface area contributed by atoms with E-state index in [1.165, 1.54) is 37.7 Å². The molecule has 16 heavy (non-hydrogen) atoms. The third-order valence-corrected chi connectivity index (χ3v) is 4.24. The summed E-state index contributed by atoms with van der Waals surface area (Å²) in [4.78, 5) is 0. The number of hydrogen-bond acceptors (Lipinski definition) is 1. The molecular weight excluding hydrogens is 196 g/mol. The number of benzene rings is 1. The van der Waals surface area contributed by atoms with Gasteiger partial charge in [0.25, 0.3) is 0 Å². The lowest BCUT2D eigenvalue weighted by atomic mass is 9.67. The van der Waals surface area contributed by atoms with Crippen LogP contribution in [0, 0.1) is 5.92 Å². The lowest BCUT2D eigenvalue weighted by molar-refractivity contribution is 0.236. The van der Waals surface area contributed by atoms with Gasteiger partial charge in [0.15, 0.2) is 0 Å². The van der Waals surface area contributed by atoms with Crippen LogP contribution in [0.5, 0.6) is 5.75 Å². The van der Waals surface area contributed by atoms with Crippen LogP contribution in [0.4, 0.5) is 0 Å². The van der Waals surface area contributed by atoms with E-state index < -0.39 is 0 Å². The Labute approximate surface area is 98.5 Å². The lowest BCUT2D eigenvalue weighted by Crippen LogP contribution is -2.30. The minimum atomic E-state index is 0.244. The zero-order valence-electron chi connectivity index (χ0n) is 10.4. The number of aromatic hydroxyl groups is 1. The molecule has 0 radical (unpaired) electrons. The molecule has 88 valence electrons. The maximum atomic E-state index is 9.33. The minimum Gasteiger partial charge on any atom is -0.508 e. The standard InChI is InChI=1S/C15H22O/c1-15(2,12-6-4-3-5-7-12)13-8-10-14(16)11-9-13/h8-12,16H,3-7H2,1-2H3. The van der Waals surface area contributed by atoms with Crippen LogP contribution in [0.15, 0.2) is 24.3 Å². The van der Waals surface area contributed by atoms with Gasteiger partial charge in [0, 0.05) is 0 Å². The molecule has 0 unspecified atom stereocenters. The van der Waals surface area contributed by atoms with Crippen LogP contribution < -0.4 is 0 Å². The van der Waals surface area contributed by atoms with E-state index in [0.29, 0.717) is 5.75 Å². The molecule has 1 fully saturated rings. The Morgan fingerprint density at radius 2 is 1.56 bits per heavy atom. The minimum absolute atomic E-state index is 0.244. The van der Waals surface area contributed by atoms with Gasteiger partial charge in [-0.1, -0.05) is 45.2 Å². The number of hydrogen-bond donors (Lipinski definition) is 1. The van der Waals surface area contributed by atoms with Gasteiger partial charge in [-0.15, -0.1) is 0 Å². The zero-order valence-corrected chi connectivity index (χ0v) is 10.4. The molecule has 1 N–H and O–H groups in total. The molecule has 1 aliphatic rings. The van der Waals surface area contributed by atoms with Gasteiger partial charge >= 0.3 is 0 Å². The van der Waals surface area contributed by atoms with Gasteiger partial charge in [-0.05, 0) is 41.9 Å². The van der Waals surface area contributed by atoms with Crippen molar-refractivity contribution in [3.05, 3.63) is 29.8 Å². The Balaban J connectivity index is 2.19. The van der Waals surface area contributed by atoms with Gasteiger partial charge in [-0.2, -0.15) is 0 Å². The van der Waals surface area contributed by atoms with Gasteiger partial charge in [0.1, 0.15) is 5.75 Å². The third-order valence-electron chi connectivity index (χ3n) is 4.24. The Hall–Kier alpha value is -0.980.